The average molecular weight is 261 g/mol. The first-order valence-electron chi connectivity index (χ1n) is 6.14. The highest BCUT2D eigenvalue weighted by molar-refractivity contribution is 5.91. The van der Waals surface area contributed by atoms with Crippen molar-refractivity contribution in [2.24, 2.45) is 0 Å². The molecule has 5 nitrogen and oxygen atoms in total. The van der Waals surface area contributed by atoms with Crippen molar-refractivity contribution < 1.29 is 9.59 Å². The molecule has 1 aromatic carbocycles. The maximum absolute atomic E-state index is 11.5. The molecule has 0 unspecified atom stereocenters. The Balaban J connectivity index is 2.23. The van der Waals surface area contributed by atoms with Gasteiger partial charge in [-0.05, 0) is 30.2 Å². The lowest BCUT2D eigenvalue weighted by Crippen LogP contribution is -2.27. The van der Waals surface area contributed by atoms with E-state index in [9.17, 15) is 9.59 Å². The number of carbonyl (C=O) groups is 2. The first-order valence-corrected chi connectivity index (χ1v) is 6.14. The first-order chi connectivity index (χ1) is 9.08. The molecule has 0 spiro atoms. The molecule has 1 aromatic rings. The molecule has 0 aliphatic heterocycles. The number of hydrogen-bond donors (Lipinski definition) is 3. The van der Waals surface area contributed by atoms with Crippen molar-refractivity contribution in [1.29, 1.82) is 0 Å². The lowest BCUT2D eigenvalue weighted by molar-refractivity contribution is -0.119. The highest BCUT2D eigenvalue weighted by Crippen LogP contribution is 2.06. The molecule has 5 heteroatoms. The van der Waals surface area contributed by atoms with Gasteiger partial charge in [0, 0.05) is 31.8 Å². The summed E-state index contributed by atoms with van der Waals surface area (Å²) in [6, 6.07) is 7.25. The van der Waals surface area contributed by atoms with Gasteiger partial charge in [0.25, 0.3) is 0 Å². The topological polar surface area (TPSA) is 84.2 Å². The fraction of sp³-hybridized carbons (Fsp3) is 0.286. The van der Waals surface area contributed by atoms with Crippen LogP contribution in [-0.2, 0) is 9.59 Å². The number of nitrogen functional groups attached to an aromatic ring is 1. The Hall–Kier alpha value is -2.30. The Morgan fingerprint density at radius 1 is 1.16 bits per heavy atom. The summed E-state index contributed by atoms with van der Waals surface area (Å²) < 4.78 is 0. The number of carbonyl (C=O) groups excluding carboxylic acids is 2. The quantitative estimate of drug-likeness (QED) is 0.404. The van der Waals surface area contributed by atoms with Gasteiger partial charge >= 0.3 is 0 Å². The Kier molecular flexibility index (Phi) is 6.15. The van der Waals surface area contributed by atoms with Crippen molar-refractivity contribution in [1.82, 2.24) is 10.6 Å². The van der Waals surface area contributed by atoms with Crippen molar-refractivity contribution >= 4 is 23.6 Å². The third kappa shape index (κ3) is 6.88. The van der Waals surface area contributed by atoms with Crippen LogP contribution in [0.2, 0.25) is 0 Å². The lowest BCUT2D eigenvalue weighted by atomic mass is 10.2. The van der Waals surface area contributed by atoms with Crippen molar-refractivity contribution in [2.75, 3.05) is 18.8 Å². The maximum Gasteiger partial charge on any atom is 0.244 e. The van der Waals surface area contributed by atoms with E-state index in [1.54, 1.807) is 18.2 Å². The smallest absolute Gasteiger partial charge is 0.244 e. The number of amides is 2. The second-order valence-electron chi connectivity index (χ2n) is 4.13. The van der Waals surface area contributed by atoms with Crippen LogP contribution in [0.1, 0.15) is 18.9 Å². The van der Waals surface area contributed by atoms with E-state index in [2.05, 4.69) is 10.6 Å². The number of rotatable bonds is 6. The second kappa shape index (κ2) is 7.92. The molecule has 102 valence electrons. The van der Waals surface area contributed by atoms with Crippen LogP contribution in [0.5, 0.6) is 0 Å². The Labute approximate surface area is 112 Å². The summed E-state index contributed by atoms with van der Waals surface area (Å²) in [5.41, 5.74) is 7.18. The Morgan fingerprint density at radius 3 is 2.42 bits per heavy atom. The third-order valence-electron chi connectivity index (χ3n) is 2.39. The molecule has 0 heterocycles. The highest BCUT2D eigenvalue weighted by atomic mass is 16.2. The van der Waals surface area contributed by atoms with Crippen LogP contribution < -0.4 is 16.4 Å². The van der Waals surface area contributed by atoms with Gasteiger partial charge in [0.05, 0.1) is 0 Å². The largest absolute Gasteiger partial charge is 0.399 e. The summed E-state index contributed by atoms with van der Waals surface area (Å²) in [4.78, 5) is 22.1. The van der Waals surface area contributed by atoms with E-state index in [4.69, 9.17) is 5.73 Å². The minimum Gasteiger partial charge on any atom is -0.399 e. The van der Waals surface area contributed by atoms with Gasteiger partial charge in [-0.2, -0.15) is 0 Å². The van der Waals surface area contributed by atoms with Crippen molar-refractivity contribution in [2.45, 2.75) is 13.3 Å². The molecule has 4 N–H and O–H groups in total. The van der Waals surface area contributed by atoms with Gasteiger partial charge in [-0.25, -0.2) is 0 Å². The van der Waals surface area contributed by atoms with Gasteiger partial charge < -0.3 is 16.4 Å². The van der Waals surface area contributed by atoms with Gasteiger partial charge in [0.1, 0.15) is 0 Å². The van der Waals surface area contributed by atoms with Crippen LogP contribution in [0.25, 0.3) is 6.08 Å². The van der Waals surface area contributed by atoms with Gasteiger partial charge in [-0.15, -0.1) is 0 Å². The molecule has 0 radical (unpaired) electrons. The fourth-order valence-corrected chi connectivity index (χ4v) is 1.40. The van der Waals surface area contributed by atoms with Crippen LogP contribution >= 0.6 is 0 Å². The molecule has 1 rings (SSSR count). The number of benzene rings is 1. The maximum atomic E-state index is 11.5. The molecule has 0 atom stereocenters. The van der Waals surface area contributed by atoms with Crippen LogP contribution in [0.15, 0.2) is 30.3 Å². The number of nitrogens with one attached hydrogen (secondary N) is 2. The Bertz CT molecular complexity index is 452. The Morgan fingerprint density at radius 2 is 1.79 bits per heavy atom. The van der Waals surface area contributed by atoms with Crippen LogP contribution in [0.4, 0.5) is 5.69 Å². The van der Waals surface area contributed by atoms with Crippen LogP contribution in [0, 0.1) is 0 Å². The van der Waals surface area contributed by atoms with Gasteiger partial charge in [-0.3, -0.25) is 9.59 Å². The molecular weight excluding hydrogens is 242 g/mol. The van der Waals surface area contributed by atoms with Gasteiger partial charge in [0.2, 0.25) is 11.8 Å². The zero-order chi connectivity index (χ0) is 14.1. The zero-order valence-corrected chi connectivity index (χ0v) is 11.0. The second-order valence-corrected chi connectivity index (χ2v) is 4.13. The minimum atomic E-state index is -0.153. The molecule has 19 heavy (non-hydrogen) atoms. The standard InChI is InChI=1S/C14H19N3O2/c1-11(18)16-9-2-10-17-14(19)8-5-12-3-6-13(15)7-4-12/h3-8H,2,9-10,15H2,1H3,(H,16,18)(H,17,19)/b8-5+. The zero-order valence-electron chi connectivity index (χ0n) is 11.0. The molecule has 0 bridgehead atoms. The SMILES string of the molecule is CC(=O)NCCCNC(=O)/C=C/c1ccc(N)cc1. The first kappa shape index (κ1) is 14.8. The molecule has 0 aliphatic rings. The van der Waals surface area contributed by atoms with E-state index in [1.807, 2.05) is 12.1 Å². The summed E-state index contributed by atoms with van der Waals surface area (Å²) >= 11 is 0. The summed E-state index contributed by atoms with van der Waals surface area (Å²) in [5.74, 6) is -0.214. The number of anilines is 1. The predicted molar refractivity (Wildman–Crippen MR) is 76.2 cm³/mol. The number of nitrogens with two attached hydrogens (primary N) is 1. The summed E-state index contributed by atoms with van der Waals surface area (Å²) in [6.07, 6.45) is 3.91. The van der Waals surface area contributed by atoms with Gasteiger partial charge in [0.15, 0.2) is 0 Å². The molecule has 0 aliphatic carbocycles. The molecule has 0 aromatic heterocycles. The summed E-state index contributed by atoms with van der Waals surface area (Å²) in [7, 11) is 0. The molecule has 0 saturated heterocycles. The fourth-order valence-electron chi connectivity index (χ4n) is 1.40. The van der Waals surface area contributed by atoms with Crippen molar-refractivity contribution in [3.8, 4) is 0 Å². The summed E-state index contributed by atoms with van der Waals surface area (Å²) in [6.45, 7) is 2.57. The average Bonchev–Trinajstić information content (AvgIpc) is 2.37. The van der Waals surface area contributed by atoms with Crippen molar-refractivity contribution in [3.63, 3.8) is 0 Å². The predicted octanol–water partition coefficient (Wildman–Crippen LogP) is 0.924. The molecular formula is C14H19N3O2. The van der Waals surface area contributed by atoms with Crippen molar-refractivity contribution in [3.05, 3.63) is 35.9 Å². The monoisotopic (exact) mass is 261 g/mol. The molecule has 2 amide bonds. The van der Waals surface area contributed by atoms with E-state index in [1.165, 1.54) is 13.0 Å². The van der Waals surface area contributed by atoms with E-state index < -0.39 is 0 Å². The minimum absolute atomic E-state index is 0.0606. The third-order valence-corrected chi connectivity index (χ3v) is 2.39. The van der Waals surface area contributed by atoms with E-state index in [-0.39, 0.29) is 11.8 Å². The van der Waals surface area contributed by atoms with E-state index in [0.717, 1.165) is 5.56 Å². The number of hydrogen-bond acceptors (Lipinski definition) is 3. The lowest BCUT2D eigenvalue weighted by Gasteiger charge is -2.03. The normalized spacial score (nSPS) is 10.4. The van der Waals surface area contributed by atoms with Crippen LogP contribution in [0.3, 0.4) is 0 Å². The molecule has 0 saturated carbocycles. The van der Waals surface area contributed by atoms with E-state index >= 15 is 0 Å². The summed E-state index contributed by atoms with van der Waals surface area (Å²) in [5, 5.41) is 5.40. The molecule has 0 fully saturated rings. The van der Waals surface area contributed by atoms with E-state index in [0.29, 0.717) is 25.2 Å². The highest BCUT2D eigenvalue weighted by Gasteiger charge is 1.95. The van der Waals surface area contributed by atoms with Crippen LogP contribution in [-0.4, -0.2) is 24.9 Å². The van der Waals surface area contributed by atoms with Gasteiger partial charge in [-0.1, -0.05) is 12.1 Å².